The number of hydrogen-bond acceptors (Lipinski definition) is 0. The average Bonchev–Trinajstić information content (AvgIpc) is 2.46. The fourth-order valence-electron chi connectivity index (χ4n) is 2.53. The van der Waals surface area contributed by atoms with Crippen LogP contribution in [-0.2, 0) is 15.2 Å². The van der Waals surface area contributed by atoms with Gasteiger partial charge in [0.1, 0.15) is 0 Å². The molecule has 124 valence electrons. The van der Waals surface area contributed by atoms with E-state index in [1.54, 1.807) is 0 Å². The van der Waals surface area contributed by atoms with Crippen molar-refractivity contribution in [3.63, 3.8) is 0 Å². The van der Waals surface area contributed by atoms with Crippen LogP contribution in [0.1, 0.15) is 63.8 Å². The van der Waals surface area contributed by atoms with Crippen molar-refractivity contribution >= 4 is 23.2 Å². The van der Waals surface area contributed by atoms with E-state index < -0.39 is 4.33 Å². The van der Waals surface area contributed by atoms with Crippen LogP contribution >= 0.6 is 23.2 Å². The quantitative estimate of drug-likeness (QED) is 0.514. The van der Waals surface area contributed by atoms with Gasteiger partial charge in [-0.05, 0) is 33.1 Å². The van der Waals surface area contributed by atoms with E-state index in [1.807, 2.05) is 24.3 Å². The number of halogens is 2. The molecule has 0 radical (unpaired) electrons. The molecule has 2 rings (SSSR count). The number of rotatable bonds is 2. The van der Waals surface area contributed by atoms with E-state index in [-0.39, 0.29) is 10.8 Å². The van der Waals surface area contributed by atoms with Gasteiger partial charge in [0.15, 0.2) is 4.33 Å². The molecular formula is C21H26Cl2. The second kappa shape index (κ2) is 6.15. The lowest BCUT2D eigenvalue weighted by molar-refractivity contribution is 0.589. The topological polar surface area (TPSA) is 0 Å². The Morgan fingerprint density at radius 1 is 0.478 bits per heavy atom. The summed E-state index contributed by atoms with van der Waals surface area (Å²) in [5.74, 6) is 0. The highest BCUT2D eigenvalue weighted by Crippen LogP contribution is 2.42. The normalized spacial score (nSPS) is 13.2. The highest BCUT2D eigenvalue weighted by atomic mass is 35.5. The van der Waals surface area contributed by atoms with Crippen LogP contribution in [0.25, 0.3) is 0 Å². The van der Waals surface area contributed by atoms with E-state index in [9.17, 15) is 0 Å². The molecule has 0 aliphatic carbocycles. The van der Waals surface area contributed by atoms with E-state index >= 15 is 0 Å². The van der Waals surface area contributed by atoms with Gasteiger partial charge in [0, 0.05) is 0 Å². The lowest BCUT2D eigenvalue weighted by atomic mass is 9.85. The summed E-state index contributed by atoms with van der Waals surface area (Å²) >= 11 is 13.4. The lowest BCUT2D eigenvalue weighted by Gasteiger charge is -2.25. The molecule has 0 nitrogen and oxygen atoms in total. The predicted octanol–water partition coefficient (Wildman–Crippen LogP) is 6.96. The minimum absolute atomic E-state index is 0.119. The molecule has 23 heavy (non-hydrogen) atoms. The lowest BCUT2D eigenvalue weighted by Crippen LogP contribution is -2.16. The molecule has 0 aliphatic heterocycles. The molecule has 2 heteroatoms. The largest absolute Gasteiger partial charge is 0.168 e. The molecule has 0 fully saturated rings. The van der Waals surface area contributed by atoms with Crippen LogP contribution in [0.5, 0.6) is 0 Å². The highest BCUT2D eigenvalue weighted by molar-refractivity contribution is 6.50. The maximum atomic E-state index is 6.69. The van der Waals surface area contributed by atoms with Crippen molar-refractivity contribution in [2.24, 2.45) is 0 Å². The Kier molecular flexibility index (Phi) is 4.91. The summed E-state index contributed by atoms with van der Waals surface area (Å²) in [6, 6.07) is 16.5. The molecule has 0 saturated carbocycles. The second-order valence-electron chi connectivity index (χ2n) is 8.23. The first-order chi connectivity index (χ1) is 10.4. The Morgan fingerprint density at radius 2 is 0.696 bits per heavy atom. The molecule has 0 aromatic heterocycles. The Bertz CT molecular complexity index is 591. The average molecular weight is 349 g/mol. The van der Waals surface area contributed by atoms with Gasteiger partial charge in [0.2, 0.25) is 0 Å². The standard InChI is InChI=1S/C21H26Cl2/c1-19(2,3)15-7-11-17(12-8-15)21(22,23)18-13-9-16(10-14-18)20(4,5)6/h7-14H,1-6H3. The van der Waals surface area contributed by atoms with Crippen LogP contribution in [0, 0.1) is 0 Å². The fourth-order valence-corrected chi connectivity index (χ4v) is 3.03. The Morgan fingerprint density at radius 3 is 0.913 bits per heavy atom. The van der Waals surface area contributed by atoms with Gasteiger partial charge in [0.25, 0.3) is 0 Å². The Labute approximate surface area is 150 Å². The van der Waals surface area contributed by atoms with E-state index in [1.165, 1.54) is 11.1 Å². The van der Waals surface area contributed by atoms with Crippen molar-refractivity contribution in [3.05, 3.63) is 70.8 Å². The summed E-state index contributed by atoms with van der Waals surface area (Å²) in [4.78, 5) is 0. The van der Waals surface area contributed by atoms with Crippen molar-refractivity contribution in [2.45, 2.75) is 56.7 Å². The minimum atomic E-state index is -1.03. The second-order valence-corrected chi connectivity index (χ2v) is 9.56. The molecule has 2 aromatic carbocycles. The maximum Gasteiger partial charge on any atom is 0.168 e. The summed E-state index contributed by atoms with van der Waals surface area (Å²) < 4.78 is -1.03. The van der Waals surface area contributed by atoms with Crippen LogP contribution in [0.4, 0.5) is 0 Å². The third-order valence-electron chi connectivity index (χ3n) is 4.23. The number of benzene rings is 2. The van der Waals surface area contributed by atoms with Gasteiger partial charge in [-0.1, -0.05) is 113 Å². The maximum absolute atomic E-state index is 6.69. The van der Waals surface area contributed by atoms with Gasteiger partial charge in [-0.15, -0.1) is 0 Å². The zero-order chi connectivity index (χ0) is 17.5. The van der Waals surface area contributed by atoms with Gasteiger partial charge in [0.05, 0.1) is 0 Å². The van der Waals surface area contributed by atoms with Crippen LogP contribution in [-0.4, -0.2) is 0 Å². The molecule has 0 aliphatic rings. The monoisotopic (exact) mass is 348 g/mol. The first-order valence-electron chi connectivity index (χ1n) is 8.02. The van der Waals surface area contributed by atoms with Gasteiger partial charge in [-0.25, -0.2) is 0 Å². The first kappa shape index (κ1) is 18.4. The molecular weight excluding hydrogens is 323 g/mol. The summed E-state index contributed by atoms with van der Waals surface area (Å²) in [6.07, 6.45) is 0. The molecule has 0 amide bonds. The summed E-state index contributed by atoms with van der Waals surface area (Å²) in [5, 5.41) is 0. The molecule has 0 unspecified atom stereocenters. The zero-order valence-electron chi connectivity index (χ0n) is 14.9. The number of hydrogen-bond donors (Lipinski definition) is 0. The first-order valence-corrected chi connectivity index (χ1v) is 8.78. The molecule has 2 aromatic rings. The van der Waals surface area contributed by atoms with Crippen molar-refractivity contribution < 1.29 is 0 Å². The molecule has 0 spiro atoms. The van der Waals surface area contributed by atoms with Gasteiger partial charge in [-0.3, -0.25) is 0 Å². The number of alkyl halides is 2. The SMILES string of the molecule is CC(C)(C)c1ccc(C(Cl)(Cl)c2ccc(C(C)(C)C)cc2)cc1. The summed E-state index contributed by atoms with van der Waals surface area (Å²) in [5.41, 5.74) is 4.58. The smallest absolute Gasteiger partial charge is 0.0909 e. The minimum Gasteiger partial charge on any atom is -0.0909 e. The highest BCUT2D eigenvalue weighted by Gasteiger charge is 2.30. The summed E-state index contributed by atoms with van der Waals surface area (Å²) in [7, 11) is 0. The molecule has 0 bridgehead atoms. The van der Waals surface area contributed by atoms with E-state index in [0.717, 1.165) is 11.1 Å². The van der Waals surface area contributed by atoms with Crippen molar-refractivity contribution in [2.75, 3.05) is 0 Å². The summed E-state index contributed by atoms with van der Waals surface area (Å²) in [6.45, 7) is 13.2. The zero-order valence-corrected chi connectivity index (χ0v) is 16.4. The van der Waals surface area contributed by atoms with E-state index in [2.05, 4.69) is 65.8 Å². The van der Waals surface area contributed by atoms with Gasteiger partial charge in [-0.2, -0.15) is 0 Å². The predicted molar refractivity (Wildman–Crippen MR) is 103 cm³/mol. The van der Waals surface area contributed by atoms with Crippen LogP contribution in [0.2, 0.25) is 0 Å². The van der Waals surface area contributed by atoms with Gasteiger partial charge >= 0.3 is 0 Å². The molecule has 0 N–H and O–H groups in total. The van der Waals surface area contributed by atoms with Crippen LogP contribution in [0.15, 0.2) is 48.5 Å². The fraction of sp³-hybridized carbons (Fsp3) is 0.429. The third kappa shape index (κ3) is 4.11. The van der Waals surface area contributed by atoms with E-state index in [4.69, 9.17) is 23.2 Å². The van der Waals surface area contributed by atoms with Gasteiger partial charge < -0.3 is 0 Å². The molecule has 0 saturated heterocycles. The van der Waals surface area contributed by atoms with Crippen molar-refractivity contribution in [1.29, 1.82) is 0 Å². The van der Waals surface area contributed by atoms with Crippen LogP contribution in [0.3, 0.4) is 0 Å². The van der Waals surface area contributed by atoms with Crippen molar-refractivity contribution in [1.82, 2.24) is 0 Å². The Hall–Kier alpha value is -0.980. The molecule has 0 atom stereocenters. The van der Waals surface area contributed by atoms with E-state index in [0.29, 0.717) is 0 Å². The third-order valence-corrected chi connectivity index (χ3v) is 5.10. The van der Waals surface area contributed by atoms with Crippen molar-refractivity contribution in [3.8, 4) is 0 Å². The Balaban J connectivity index is 2.34. The van der Waals surface area contributed by atoms with Crippen LogP contribution < -0.4 is 0 Å². The molecule has 0 heterocycles.